The molecule has 1 aromatic carbocycles. The highest BCUT2D eigenvalue weighted by Gasteiger charge is 2.25. The van der Waals surface area contributed by atoms with Crippen LogP contribution in [0.25, 0.3) is 0 Å². The predicted molar refractivity (Wildman–Crippen MR) is 96.9 cm³/mol. The quantitative estimate of drug-likeness (QED) is 0.887. The first-order chi connectivity index (χ1) is 11.5. The molecule has 2 saturated heterocycles. The van der Waals surface area contributed by atoms with E-state index in [1.165, 1.54) is 32.1 Å². The summed E-state index contributed by atoms with van der Waals surface area (Å²) >= 11 is 0. The van der Waals surface area contributed by atoms with E-state index in [1.54, 1.807) is 12.1 Å². The number of nitrogens with one attached hydrogen (secondary N) is 1. The first-order valence-corrected chi connectivity index (χ1v) is 10.9. The van der Waals surface area contributed by atoms with Crippen molar-refractivity contribution >= 4 is 9.84 Å². The molecule has 0 radical (unpaired) electrons. The number of sulfone groups is 1. The van der Waals surface area contributed by atoms with Gasteiger partial charge in [-0.3, -0.25) is 9.80 Å². The molecule has 0 atom stereocenters. The Kier molecular flexibility index (Phi) is 5.92. The van der Waals surface area contributed by atoms with E-state index in [1.807, 2.05) is 12.1 Å². The maximum absolute atomic E-state index is 12.0. The molecule has 134 valence electrons. The topological polar surface area (TPSA) is 52.7 Å². The van der Waals surface area contributed by atoms with E-state index in [0.29, 0.717) is 10.9 Å². The van der Waals surface area contributed by atoms with Crippen molar-refractivity contribution in [3.63, 3.8) is 0 Å². The molecule has 2 aliphatic heterocycles. The second-order valence-electron chi connectivity index (χ2n) is 7.03. The van der Waals surface area contributed by atoms with Gasteiger partial charge in [-0.05, 0) is 57.1 Å². The smallest absolute Gasteiger partial charge is 0.175 e. The van der Waals surface area contributed by atoms with E-state index in [2.05, 4.69) is 15.1 Å². The molecule has 2 heterocycles. The Bertz CT molecular complexity index is 631. The highest BCUT2D eigenvalue weighted by Crippen LogP contribution is 2.22. The van der Waals surface area contributed by atoms with E-state index < -0.39 is 9.84 Å². The number of piperidine rings is 1. The summed E-state index contributed by atoms with van der Waals surface area (Å²) in [6.07, 6.45) is 4.90. The number of benzene rings is 1. The second kappa shape index (κ2) is 7.95. The lowest BCUT2D eigenvalue weighted by Crippen LogP contribution is -2.45. The van der Waals surface area contributed by atoms with Crippen LogP contribution in [0.4, 0.5) is 0 Å². The Morgan fingerprint density at radius 3 is 2.58 bits per heavy atom. The Labute approximate surface area is 145 Å². The zero-order chi connectivity index (χ0) is 17.0. The van der Waals surface area contributed by atoms with Crippen LogP contribution >= 0.6 is 0 Å². The molecule has 5 nitrogen and oxygen atoms in total. The van der Waals surface area contributed by atoms with Crippen molar-refractivity contribution < 1.29 is 8.42 Å². The Morgan fingerprint density at radius 2 is 1.83 bits per heavy atom. The lowest BCUT2D eigenvalue weighted by atomic mass is 10.0. The average Bonchev–Trinajstić information content (AvgIpc) is 2.84. The van der Waals surface area contributed by atoms with Crippen molar-refractivity contribution in [2.24, 2.45) is 0 Å². The summed E-state index contributed by atoms with van der Waals surface area (Å²) in [7, 11) is -3.16. The molecule has 2 aliphatic rings. The summed E-state index contributed by atoms with van der Waals surface area (Å²) in [5.41, 5.74) is 0.928. The first-order valence-electron chi connectivity index (χ1n) is 8.99. The van der Waals surface area contributed by atoms with Crippen molar-refractivity contribution in [3.8, 4) is 0 Å². The van der Waals surface area contributed by atoms with Gasteiger partial charge in [-0.15, -0.1) is 0 Å². The number of hydrogen-bond acceptors (Lipinski definition) is 5. The fraction of sp³-hybridized carbons (Fsp3) is 0.667. The largest absolute Gasteiger partial charge is 0.315 e. The second-order valence-corrected chi connectivity index (χ2v) is 9.01. The highest BCUT2D eigenvalue weighted by molar-refractivity contribution is 7.90. The monoisotopic (exact) mass is 351 g/mol. The Morgan fingerprint density at radius 1 is 1.08 bits per heavy atom. The van der Waals surface area contributed by atoms with Gasteiger partial charge in [0.15, 0.2) is 9.84 Å². The van der Waals surface area contributed by atoms with Gasteiger partial charge in [0.2, 0.25) is 0 Å². The van der Waals surface area contributed by atoms with Crippen molar-refractivity contribution in [1.29, 1.82) is 0 Å². The van der Waals surface area contributed by atoms with E-state index in [0.717, 1.165) is 44.8 Å². The summed E-state index contributed by atoms with van der Waals surface area (Å²) in [5.74, 6) is 0. The minimum absolute atomic E-state index is 0.478. The minimum Gasteiger partial charge on any atom is -0.315 e. The van der Waals surface area contributed by atoms with E-state index >= 15 is 0 Å². The van der Waals surface area contributed by atoms with E-state index in [4.69, 9.17) is 0 Å². The lowest BCUT2D eigenvalue weighted by molar-refractivity contribution is 0.109. The molecule has 0 aromatic heterocycles. The van der Waals surface area contributed by atoms with Crippen molar-refractivity contribution in [3.05, 3.63) is 29.8 Å². The van der Waals surface area contributed by atoms with E-state index in [-0.39, 0.29) is 0 Å². The van der Waals surface area contributed by atoms with Gasteiger partial charge in [-0.1, -0.05) is 18.2 Å². The van der Waals surface area contributed by atoms with Crippen LogP contribution in [-0.4, -0.2) is 69.8 Å². The molecule has 1 aromatic rings. The third kappa shape index (κ3) is 4.57. The van der Waals surface area contributed by atoms with Crippen LogP contribution < -0.4 is 5.32 Å². The number of hydrogen-bond donors (Lipinski definition) is 1. The molecule has 0 amide bonds. The van der Waals surface area contributed by atoms with Gasteiger partial charge in [0.25, 0.3) is 0 Å². The fourth-order valence-electron chi connectivity index (χ4n) is 3.91. The fourth-order valence-corrected chi connectivity index (χ4v) is 4.85. The number of nitrogens with zero attached hydrogens (tertiary/aromatic N) is 2. The molecule has 0 aliphatic carbocycles. The maximum atomic E-state index is 12.0. The van der Waals surface area contributed by atoms with Crippen LogP contribution in [0.1, 0.15) is 24.8 Å². The summed E-state index contributed by atoms with van der Waals surface area (Å²) in [5, 5.41) is 3.47. The summed E-state index contributed by atoms with van der Waals surface area (Å²) in [4.78, 5) is 5.52. The van der Waals surface area contributed by atoms with Crippen LogP contribution in [0.2, 0.25) is 0 Å². The molecule has 0 spiro atoms. The van der Waals surface area contributed by atoms with Gasteiger partial charge in [-0.25, -0.2) is 8.42 Å². The molecule has 3 rings (SSSR count). The Hall–Kier alpha value is -0.950. The SMILES string of the molecule is CS(=O)(=O)c1ccccc1CN1CCC(N2CCCNCC2)CC1. The molecule has 0 unspecified atom stereocenters. The van der Waals surface area contributed by atoms with Gasteiger partial charge in [0, 0.05) is 31.9 Å². The zero-order valence-electron chi connectivity index (χ0n) is 14.6. The van der Waals surface area contributed by atoms with Crippen molar-refractivity contribution in [2.75, 3.05) is 45.5 Å². The lowest BCUT2D eigenvalue weighted by Gasteiger charge is -2.38. The highest BCUT2D eigenvalue weighted by atomic mass is 32.2. The molecular formula is C18H29N3O2S. The molecule has 0 saturated carbocycles. The van der Waals surface area contributed by atoms with Crippen molar-refractivity contribution in [2.45, 2.75) is 36.7 Å². The van der Waals surface area contributed by atoms with Crippen molar-refractivity contribution in [1.82, 2.24) is 15.1 Å². The molecule has 2 fully saturated rings. The van der Waals surface area contributed by atoms with Crippen LogP contribution in [-0.2, 0) is 16.4 Å². The van der Waals surface area contributed by atoms with Crippen LogP contribution in [0, 0.1) is 0 Å². The normalized spacial score (nSPS) is 22.4. The number of rotatable bonds is 4. The van der Waals surface area contributed by atoms with Crippen LogP contribution in [0.5, 0.6) is 0 Å². The average molecular weight is 352 g/mol. The van der Waals surface area contributed by atoms with Gasteiger partial charge in [-0.2, -0.15) is 0 Å². The predicted octanol–water partition coefficient (Wildman–Crippen LogP) is 1.35. The van der Waals surface area contributed by atoms with E-state index in [9.17, 15) is 8.42 Å². The number of likely N-dealkylation sites (tertiary alicyclic amines) is 1. The van der Waals surface area contributed by atoms with Gasteiger partial charge in [0.05, 0.1) is 4.90 Å². The maximum Gasteiger partial charge on any atom is 0.175 e. The zero-order valence-corrected chi connectivity index (χ0v) is 15.4. The standard InChI is InChI=1S/C18H29N3O2S/c1-24(22,23)18-6-3-2-5-16(18)15-20-12-7-17(8-13-20)21-11-4-9-19-10-14-21/h2-3,5-6,17,19H,4,7-15H2,1H3. The van der Waals surface area contributed by atoms with Gasteiger partial charge < -0.3 is 5.32 Å². The Balaban J connectivity index is 1.58. The minimum atomic E-state index is -3.16. The molecule has 0 bridgehead atoms. The van der Waals surface area contributed by atoms with Gasteiger partial charge in [0.1, 0.15) is 0 Å². The molecule has 24 heavy (non-hydrogen) atoms. The summed E-state index contributed by atoms with van der Waals surface area (Å²) < 4.78 is 23.9. The summed E-state index contributed by atoms with van der Waals surface area (Å²) in [6, 6.07) is 8.09. The molecule has 6 heteroatoms. The first kappa shape index (κ1) is 17.9. The third-order valence-corrected chi connectivity index (χ3v) is 6.41. The van der Waals surface area contributed by atoms with Crippen LogP contribution in [0.3, 0.4) is 0 Å². The summed E-state index contributed by atoms with van der Waals surface area (Å²) in [6.45, 7) is 7.42. The molecular weight excluding hydrogens is 322 g/mol. The van der Waals surface area contributed by atoms with Gasteiger partial charge >= 0.3 is 0 Å². The van der Waals surface area contributed by atoms with Crippen LogP contribution in [0.15, 0.2) is 29.2 Å². The third-order valence-electron chi connectivity index (χ3n) is 5.21. The molecule has 1 N–H and O–H groups in total.